The van der Waals surface area contributed by atoms with Gasteiger partial charge in [0.2, 0.25) is 0 Å². The van der Waals surface area contributed by atoms with Crippen LogP contribution < -0.4 is 4.90 Å². The molecular weight excluding hydrogens is 296 g/mol. The maximum absolute atomic E-state index is 6.08. The van der Waals surface area contributed by atoms with Crippen LogP contribution in [0.25, 0.3) is 0 Å². The summed E-state index contributed by atoms with van der Waals surface area (Å²) in [5.41, 5.74) is 7.08. The van der Waals surface area contributed by atoms with Gasteiger partial charge in [0.15, 0.2) is 0 Å². The number of ether oxygens (including phenoxy) is 1. The van der Waals surface area contributed by atoms with Gasteiger partial charge in [-0.15, -0.1) is 0 Å². The topological polar surface area (TPSA) is 25.4 Å². The van der Waals surface area contributed by atoms with Crippen molar-refractivity contribution in [1.82, 2.24) is 4.98 Å². The number of para-hydroxylation sites is 1. The summed E-state index contributed by atoms with van der Waals surface area (Å²) < 4.78 is 6.08. The molecule has 3 heterocycles. The highest BCUT2D eigenvalue weighted by atomic mass is 16.5. The fraction of sp³-hybridized carbons (Fsp3) is 0.476. The molecule has 1 saturated heterocycles. The average molecular weight is 320 g/mol. The Hall–Kier alpha value is -1.87. The maximum atomic E-state index is 6.08. The average Bonchev–Trinajstić information content (AvgIpc) is 3.12. The molecule has 3 aliphatic rings. The first kappa shape index (κ1) is 14.5. The third kappa shape index (κ3) is 1.63. The number of methoxy groups -OCH3 is 1. The Bertz CT molecular complexity index is 817. The number of pyridine rings is 1. The zero-order valence-corrected chi connectivity index (χ0v) is 14.6. The molecule has 3 heteroatoms. The lowest BCUT2D eigenvalue weighted by atomic mass is 9.71. The standard InChI is InChI=1S/C21H24N2O/c1-4-13-11-22-12-14-9-16-15-7-5-6-8-18(15)23-20(16)17(19(13)14)10-21(23,2)24-3/h5-8,11-12,16-17,20H,4,9-10H2,1-3H3. The number of hydrogen-bond donors (Lipinski definition) is 0. The van der Waals surface area contributed by atoms with E-state index in [1.165, 1.54) is 22.4 Å². The normalized spacial score (nSPS) is 32.5. The number of aryl methyl sites for hydroxylation is 1. The van der Waals surface area contributed by atoms with E-state index in [2.05, 4.69) is 60.4 Å². The number of fused-ring (bicyclic) bond motifs is 5. The molecule has 1 aromatic carbocycles. The summed E-state index contributed by atoms with van der Waals surface area (Å²) >= 11 is 0. The summed E-state index contributed by atoms with van der Waals surface area (Å²) in [5.74, 6) is 1.10. The second-order valence-electron chi connectivity index (χ2n) is 7.64. The van der Waals surface area contributed by atoms with Gasteiger partial charge in [0.05, 0.1) is 0 Å². The van der Waals surface area contributed by atoms with Crippen molar-refractivity contribution in [1.29, 1.82) is 0 Å². The first-order valence-electron chi connectivity index (χ1n) is 9.07. The number of benzene rings is 1. The van der Waals surface area contributed by atoms with Crippen LogP contribution in [-0.2, 0) is 17.6 Å². The molecule has 1 aliphatic carbocycles. The number of aromatic nitrogens is 1. The predicted octanol–water partition coefficient (Wildman–Crippen LogP) is 4.02. The van der Waals surface area contributed by atoms with Crippen LogP contribution in [0, 0.1) is 0 Å². The fourth-order valence-electron chi connectivity index (χ4n) is 5.61. The van der Waals surface area contributed by atoms with Gasteiger partial charge in [-0.1, -0.05) is 25.1 Å². The maximum Gasteiger partial charge on any atom is 0.138 e. The third-order valence-electron chi connectivity index (χ3n) is 6.61. The van der Waals surface area contributed by atoms with Crippen molar-refractivity contribution >= 4 is 5.69 Å². The SMILES string of the molecule is CCc1cncc2c1C1CC(C)(OC)N3c4ccccc4C(C2)C13. The molecule has 0 saturated carbocycles. The van der Waals surface area contributed by atoms with Crippen molar-refractivity contribution < 1.29 is 4.74 Å². The van der Waals surface area contributed by atoms with Gasteiger partial charge < -0.3 is 9.64 Å². The molecule has 0 bridgehead atoms. The zero-order chi connectivity index (χ0) is 16.5. The second kappa shape index (κ2) is 4.82. The van der Waals surface area contributed by atoms with E-state index in [0.717, 1.165) is 19.3 Å². The first-order chi connectivity index (χ1) is 11.7. The fourth-order valence-corrected chi connectivity index (χ4v) is 5.61. The summed E-state index contributed by atoms with van der Waals surface area (Å²) in [6.45, 7) is 4.51. The molecule has 0 spiro atoms. The van der Waals surface area contributed by atoms with Crippen LogP contribution in [0.15, 0.2) is 36.7 Å². The molecule has 0 radical (unpaired) electrons. The molecule has 4 unspecified atom stereocenters. The van der Waals surface area contributed by atoms with Crippen molar-refractivity contribution in [2.24, 2.45) is 0 Å². The molecule has 2 aromatic rings. The van der Waals surface area contributed by atoms with Crippen LogP contribution in [0.1, 0.15) is 54.4 Å². The first-order valence-corrected chi connectivity index (χ1v) is 9.07. The molecule has 1 fully saturated rings. The van der Waals surface area contributed by atoms with Gasteiger partial charge in [0, 0.05) is 49.5 Å². The van der Waals surface area contributed by atoms with E-state index in [-0.39, 0.29) is 5.72 Å². The molecule has 1 aromatic heterocycles. The minimum absolute atomic E-state index is 0.226. The Kier molecular flexibility index (Phi) is 2.91. The van der Waals surface area contributed by atoms with Gasteiger partial charge in [0.1, 0.15) is 5.72 Å². The number of nitrogens with zero attached hydrogens (tertiary/aromatic N) is 2. The van der Waals surface area contributed by atoms with E-state index in [4.69, 9.17) is 4.74 Å². The predicted molar refractivity (Wildman–Crippen MR) is 95.5 cm³/mol. The number of rotatable bonds is 2. The Morgan fingerprint density at radius 3 is 2.88 bits per heavy atom. The van der Waals surface area contributed by atoms with Crippen molar-refractivity contribution in [3.63, 3.8) is 0 Å². The van der Waals surface area contributed by atoms with Crippen LogP contribution in [-0.4, -0.2) is 23.9 Å². The van der Waals surface area contributed by atoms with Crippen molar-refractivity contribution in [2.45, 2.75) is 56.7 Å². The van der Waals surface area contributed by atoms with Crippen LogP contribution >= 0.6 is 0 Å². The zero-order valence-electron chi connectivity index (χ0n) is 14.6. The Morgan fingerprint density at radius 2 is 2.08 bits per heavy atom. The lowest BCUT2D eigenvalue weighted by molar-refractivity contribution is 0.0132. The summed E-state index contributed by atoms with van der Waals surface area (Å²) in [7, 11) is 1.86. The monoisotopic (exact) mass is 320 g/mol. The summed E-state index contributed by atoms with van der Waals surface area (Å²) in [5, 5.41) is 0. The molecule has 4 atom stereocenters. The van der Waals surface area contributed by atoms with Crippen LogP contribution in [0.4, 0.5) is 5.69 Å². The van der Waals surface area contributed by atoms with Gasteiger partial charge in [-0.2, -0.15) is 0 Å². The minimum atomic E-state index is -0.226. The Labute approximate surface area is 143 Å². The largest absolute Gasteiger partial charge is 0.359 e. The highest BCUT2D eigenvalue weighted by molar-refractivity contribution is 5.68. The Balaban J connectivity index is 1.76. The lowest BCUT2D eigenvalue weighted by Gasteiger charge is -2.38. The van der Waals surface area contributed by atoms with Gasteiger partial charge >= 0.3 is 0 Å². The Morgan fingerprint density at radius 1 is 1.25 bits per heavy atom. The van der Waals surface area contributed by atoms with Gasteiger partial charge in [-0.3, -0.25) is 4.98 Å². The summed E-state index contributed by atoms with van der Waals surface area (Å²) in [6.07, 6.45) is 7.40. The number of anilines is 1. The van der Waals surface area contributed by atoms with E-state index >= 15 is 0 Å². The molecule has 0 amide bonds. The van der Waals surface area contributed by atoms with Crippen molar-refractivity contribution in [3.05, 3.63) is 58.9 Å². The molecule has 2 aliphatic heterocycles. The number of hydrogen-bond acceptors (Lipinski definition) is 3. The molecule has 0 N–H and O–H groups in total. The van der Waals surface area contributed by atoms with E-state index in [0.29, 0.717) is 17.9 Å². The van der Waals surface area contributed by atoms with E-state index in [9.17, 15) is 0 Å². The van der Waals surface area contributed by atoms with Crippen molar-refractivity contribution in [2.75, 3.05) is 12.0 Å². The third-order valence-corrected chi connectivity index (χ3v) is 6.61. The van der Waals surface area contributed by atoms with E-state index in [1.807, 2.05) is 7.11 Å². The van der Waals surface area contributed by atoms with E-state index < -0.39 is 0 Å². The quantitative estimate of drug-likeness (QED) is 0.835. The van der Waals surface area contributed by atoms with Crippen LogP contribution in [0.3, 0.4) is 0 Å². The molecule has 24 heavy (non-hydrogen) atoms. The summed E-state index contributed by atoms with van der Waals surface area (Å²) in [4.78, 5) is 7.12. The smallest absolute Gasteiger partial charge is 0.138 e. The van der Waals surface area contributed by atoms with Crippen LogP contribution in [0.2, 0.25) is 0 Å². The molecule has 3 nitrogen and oxygen atoms in total. The van der Waals surface area contributed by atoms with Gasteiger partial charge in [0.25, 0.3) is 0 Å². The van der Waals surface area contributed by atoms with Gasteiger partial charge in [-0.25, -0.2) is 0 Å². The molecule has 5 rings (SSSR count). The van der Waals surface area contributed by atoms with E-state index in [1.54, 1.807) is 5.56 Å². The van der Waals surface area contributed by atoms with Crippen molar-refractivity contribution in [3.8, 4) is 0 Å². The highest BCUT2D eigenvalue weighted by Gasteiger charge is 2.59. The lowest BCUT2D eigenvalue weighted by Crippen LogP contribution is -2.46. The second-order valence-corrected chi connectivity index (χ2v) is 7.64. The molecular formula is C21H24N2O. The molecule has 124 valence electrons. The van der Waals surface area contributed by atoms with Gasteiger partial charge in [-0.05, 0) is 48.1 Å². The minimum Gasteiger partial charge on any atom is -0.359 e. The van der Waals surface area contributed by atoms with Crippen LogP contribution in [0.5, 0.6) is 0 Å². The highest BCUT2D eigenvalue weighted by Crippen LogP contribution is 2.60. The summed E-state index contributed by atoms with van der Waals surface area (Å²) in [6, 6.07) is 9.44.